The summed E-state index contributed by atoms with van der Waals surface area (Å²) in [5.74, 6) is 1.63. The number of carbonyl (C=O) groups is 1. The highest BCUT2D eigenvalue weighted by atomic mass is 16.5. The molecule has 25 heavy (non-hydrogen) atoms. The van der Waals surface area contributed by atoms with Crippen LogP contribution in [0.15, 0.2) is 60.8 Å². The molecule has 1 atom stereocenters. The molecule has 0 radical (unpaired) electrons. The fourth-order valence-corrected chi connectivity index (χ4v) is 3.28. The predicted molar refractivity (Wildman–Crippen MR) is 95.9 cm³/mol. The van der Waals surface area contributed by atoms with Crippen LogP contribution in [0.4, 0.5) is 5.82 Å². The van der Waals surface area contributed by atoms with Gasteiger partial charge in [-0.15, -0.1) is 0 Å². The summed E-state index contributed by atoms with van der Waals surface area (Å²) in [6, 6.07) is 18.0. The van der Waals surface area contributed by atoms with Crippen LogP contribution in [0.1, 0.15) is 29.0 Å². The number of fused-ring (bicyclic) bond motifs is 1. The fourth-order valence-electron chi connectivity index (χ4n) is 3.28. The zero-order valence-corrected chi connectivity index (χ0v) is 14.0. The molecule has 0 fully saturated rings. The number of nitrogens with zero attached hydrogens (tertiary/aromatic N) is 2. The Bertz CT molecular complexity index is 885. The summed E-state index contributed by atoms with van der Waals surface area (Å²) < 4.78 is 7.08. The molecule has 1 aromatic heterocycles. The standard InChI is InChI=1S/C20H19N3O2/c1-25-16-9-7-15(8-10-16)17-11-19(24)22-20-18(17)12-21-23(20)13-14-5-3-2-4-6-14/h2-10,12,17H,11,13H2,1H3,(H,22,24)/t17-/m1/s1. The molecule has 2 aromatic carbocycles. The van der Waals surface area contributed by atoms with Gasteiger partial charge in [-0.3, -0.25) is 4.79 Å². The van der Waals surface area contributed by atoms with Crippen LogP contribution < -0.4 is 10.1 Å². The van der Waals surface area contributed by atoms with Gasteiger partial charge in [0.05, 0.1) is 19.9 Å². The van der Waals surface area contributed by atoms with E-state index in [2.05, 4.69) is 22.5 Å². The summed E-state index contributed by atoms with van der Waals surface area (Å²) in [5.41, 5.74) is 3.30. The van der Waals surface area contributed by atoms with Gasteiger partial charge in [-0.25, -0.2) is 4.68 Å². The fraction of sp³-hybridized carbons (Fsp3) is 0.200. The predicted octanol–water partition coefficient (Wildman–Crippen LogP) is 3.41. The van der Waals surface area contributed by atoms with Crippen LogP contribution in [0.25, 0.3) is 0 Å². The number of hydrogen-bond acceptors (Lipinski definition) is 3. The number of anilines is 1. The van der Waals surface area contributed by atoms with Crippen LogP contribution in [0, 0.1) is 0 Å². The lowest BCUT2D eigenvalue weighted by atomic mass is 9.87. The normalized spacial score (nSPS) is 16.2. The van der Waals surface area contributed by atoms with E-state index in [0.29, 0.717) is 13.0 Å². The van der Waals surface area contributed by atoms with Gasteiger partial charge in [-0.05, 0) is 23.3 Å². The Hall–Kier alpha value is -3.08. The van der Waals surface area contributed by atoms with E-state index in [1.807, 2.05) is 53.3 Å². The van der Waals surface area contributed by atoms with Crippen molar-refractivity contribution in [2.75, 3.05) is 12.4 Å². The third kappa shape index (κ3) is 3.01. The number of ether oxygens (including phenoxy) is 1. The van der Waals surface area contributed by atoms with Crippen molar-refractivity contribution in [2.45, 2.75) is 18.9 Å². The first-order valence-electron chi connectivity index (χ1n) is 8.28. The van der Waals surface area contributed by atoms with Gasteiger partial charge >= 0.3 is 0 Å². The maximum atomic E-state index is 12.3. The Morgan fingerprint density at radius 2 is 1.92 bits per heavy atom. The van der Waals surface area contributed by atoms with Crippen molar-refractivity contribution in [3.8, 4) is 5.75 Å². The van der Waals surface area contributed by atoms with E-state index in [-0.39, 0.29) is 11.8 Å². The minimum atomic E-state index is 0.0131. The van der Waals surface area contributed by atoms with Crippen LogP contribution in [-0.2, 0) is 11.3 Å². The molecule has 126 valence electrons. The molecule has 2 heterocycles. The van der Waals surface area contributed by atoms with Gasteiger partial charge in [0.1, 0.15) is 11.6 Å². The quantitative estimate of drug-likeness (QED) is 0.796. The van der Waals surface area contributed by atoms with Crippen LogP contribution in [-0.4, -0.2) is 22.8 Å². The van der Waals surface area contributed by atoms with Gasteiger partial charge in [-0.2, -0.15) is 5.10 Å². The molecule has 0 saturated heterocycles. The SMILES string of the molecule is COc1ccc([C@H]2CC(=O)Nc3c2cnn3Cc2ccccc2)cc1. The maximum Gasteiger partial charge on any atom is 0.226 e. The molecule has 1 N–H and O–H groups in total. The molecule has 1 amide bonds. The maximum absolute atomic E-state index is 12.3. The van der Waals surface area contributed by atoms with Gasteiger partial charge in [0.2, 0.25) is 5.91 Å². The van der Waals surface area contributed by atoms with Gasteiger partial charge < -0.3 is 10.1 Å². The Balaban J connectivity index is 1.68. The Labute approximate surface area is 146 Å². The van der Waals surface area contributed by atoms with Crippen LogP contribution >= 0.6 is 0 Å². The van der Waals surface area contributed by atoms with E-state index in [1.165, 1.54) is 0 Å². The first-order valence-corrected chi connectivity index (χ1v) is 8.28. The molecule has 1 aliphatic rings. The highest BCUT2D eigenvalue weighted by molar-refractivity contribution is 5.94. The van der Waals surface area contributed by atoms with Crippen LogP contribution in [0.2, 0.25) is 0 Å². The number of carbonyl (C=O) groups excluding carboxylic acids is 1. The summed E-state index contributed by atoms with van der Waals surface area (Å²) in [6.45, 7) is 0.631. The smallest absolute Gasteiger partial charge is 0.226 e. The van der Waals surface area contributed by atoms with Crippen molar-refractivity contribution in [1.82, 2.24) is 9.78 Å². The molecule has 0 saturated carbocycles. The van der Waals surface area contributed by atoms with Crippen molar-refractivity contribution in [2.24, 2.45) is 0 Å². The molecular weight excluding hydrogens is 314 g/mol. The highest BCUT2D eigenvalue weighted by Crippen LogP contribution is 2.37. The second-order valence-corrected chi connectivity index (χ2v) is 6.17. The van der Waals surface area contributed by atoms with Gasteiger partial charge in [0.15, 0.2) is 0 Å². The van der Waals surface area contributed by atoms with E-state index < -0.39 is 0 Å². The second kappa shape index (κ2) is 6.43. The first kappa shape index (κ1) is 15.4. The summed E-state index contributed by atoms with van der Waals surface area (Å²) in [6.07, 6.45) is 2.29. The van der Waals surface area contributed by atoms with Crippen LogP contribution in [0.5, 0.6) is 5.75 Å². The number of nitrogens with one attached hydrogen (secondary N) is 1. The molecule has 1 aliphatic heterocycles. The molecule has 0 bridgehead atoms. The lowest BCUT2D eigenvalue weighted by Gasteiger charge is -2.24. The Morgan fingerprint density at radius 3 is 2.64 bits per heavy atom. The van der Waals surface area contributed by atoms with E-state index in [4.69, 9.17) is 4.74 Å². The van der Waals surface area contributed by atoms with E-state index in [1.54, 1.807) is 7.11 Å². The average molecular weight is 333 g/mol. The zero-order valence-electron chi connectivity index (χ0n) is 14.0. The summed E-state index contributed by atoms with van der Waals surface area (Å²) in [4.78, 5) is 12.3. The average Bonchev–Trinajstić information content (AvgIpc) is 3.04. The number of benzene rings is 2. The molecular formula is C20H19N3O2. The molecule has 0 unspecified atom stereocenters. The van der Waals surface area contributed by atoms with Crippen molar-refractivity contribution in [3.05, 3.63) is 77.5 Å². The van der Waals surface area contributed by atoms with E-state index in [9.17, 15) is 4.79 Å². The van der Waals surface area contributed by atoms with E-state index >= 15 is 0 Å². The Morgan fingerprint density at radius 1 is 1.16 bits per heavy atom. The molecule has 3 aromatic rings. The number of amides is 1. The first-order chi connectivity index (χ1) is 12.2. The molecule has 0 aliphatic carbocycles. The largest absolute Gasteiger partial charge is 0.497 e. The van der Waals surface area contributed by atoms with Gasteiger partial charge in [0, 0.05) is 17.9 Å². The minimum absolute atomic E-state index is 0.0131. The van der Waals surface area contributed by atoms with Gasteiger partial charge in [0.25, 0.3) is 0 Å². The lowest BCUT2D eigenvalue weighted by Crippen LogP contribution is -2.25. The van der Waals surface area contributed by atoms with Crippen molar-refractivity contribution >= 4 is 11.7 Å². The molecule has 5 heteroatoms. The van der Waals surface area contributed by atoms with Crippen molar-refractivity contribution < 1.29 is 9.53 Å². The summed E-state index contributed by atoms with van der Waals surface area (Å²) >= 11 is 0. The molecule has 5 nitrogen and oxygen atoms in total. The van der Waals surface area contributed by atoms with Crippen LogP contribution in [0.3, 0.4) is 0 Å². The monoisotopic (exact) mass is 333 g/mol. The summed E-state index contributed by atoms with van der Waals surface area (Å²) in [5, 5.41) is 7.50. The number of aromatic nitrogens is 2. The lowest BCUT2D eigenvalue weighted by molar-refractivity contribution is -0.116. The van der Waals surface area contributed by atoms with Crippen molar-refractivity contribution in [3.63, 3.8) is 0 Å². The number of methoxy groups -OCH3 is 1. The highest BCUT2D eigenvalue weighted by Gasteiger charge is 2.29. The van der Waals surface area contributed by atoms with Gasteiger partial charge in [-0.1, -0.05) is 42.5 Å². The zero-order chi connectivity index (χ0) is 17.2. The second-order valence-electron chi connectivity index (χ2n) is 6.17. The third-order valence-electron chi connectivity index (χ3n) is 4.58. The van der Waals surface area contributed by atoms with Crippen molar-refractivity contribution in [1.29, 1.82) is 0 Å². The number of rotatable bonds is 4. The minimum Gasteiger partial charge on any atom is -0.497 e. The summed E-state index contributed by atoms with van der Waals surface area (Å²) in [7, 11) is 1.65. The van der Waals surface area contributed by atoms with E-state index in [0.717, 1.165) is 28.3 Å². The molecule has 4 rings (SSSR count). The topological polar surface area (TPSA) is 56.1 Å². The Kier molecular flexibility index (Phi) is 3.98. The molecule has 0 spiro atoms. The number of hydrogen-bond donors (Lipinski definition) is 1. The third-order valence-corrected chi connectivity index (χ3v) is 4.58.